The molecule has 1 aliphatic carbocycles. The van der Waals surface area contributed by atoms with Crippen LogP contribution in [0.2, 0.25) is 0 Å². The molecular formula is C29H28F4N4O2. The third-order valence-electron chi connectivity index (χ3n) is 6.84. The summed E-state index contributed by atoms with van der Waals surface area (Å²) in [5, 5.41) is 7.54. The maximum absolute atomic E-state index is 14.3. The molecule has 0 unspecified atom stereocenters. The topological polar surface area (TPSA) is 68.5 Å². The fraction of sp³-hybridized carbons (Fsp3) is 0.345. The van der Waals surface area contributed by atoms with E-state index in [1.807, 2.05) is 19.1 Å². The number of anilines is 1. The second-order valence-corrected chi connectivity index (χ2v) is 9.97. The Balaban J connectivity index is 1.51. The summed E-state index contributed by atoms with van der Waals surface area (Å²) in [6, 6.07) is 11.7. The van der Waals surface area contributed by atoms with Crippen molar-refractivity contribution in [2.75, 3.05) is 19.0 Å². The molecule has 10 heteroatoms. The van der Waals surface area contributed by atoms with Crippen LogP contribution in [0.3, 0.4) is 0 Å². The van der Waals surface area contributed by atoms with Gasteiger partial charge in [0.1, 0.15) is 0 Å². The van der Waals surface area contributed by atoms with Gasteiger partial charge in [-0.05, 0) is 61.1 Å². The summed E-state index contributed by atoms with van der Waals surface area (Å²) in [7, 11) is 1.38. The number of carbonyl (C=O) groups is 1. The molecule has 0 bridgehead atoms. The molecule has 0 spiro atoms. The maximum atomic E-state index is 14.3. The minimum atomic E-state index is -4.31. The van der Waals surface area contributed by atoms with Crippen molar-refractivity contribution in [1.82, 2.24) is 14.6 Å². The molecule has 0 radical (unpaired) electrons. The van der Waals surface area contributed by atoms with Crippen LogP contribution >= 0.6 is 0 Å². The van der Waals surface area contributed by atoms with Crippen molar-refractivity contribution >= 4 is 17.1 Å². The van der Waals surface area contributed by atoms with Crippen LogP contribution in [0, 0.1) is 18.7 Å². The Kier molecular flexibility index (Phi) is 7.29. The minimum Gasteiger partial charge on any atom is -0.494 e. The minimum absolute atomic E-state index is 0.114. The van der Waals surface area contributed by atoms with E-state index in [0.29, 0.717) is 46.2 Å². The number of aryl methyl sites for hydroxylation is 1. The first-order chi connectivity index (χ1) is 18.6. The van der Waals surface area contributed by atoms with Crippen molar-refractivity contribution in [3.05, 3.63) is 76.9 Å². The number of ketones is 1. The van der Waals surface area contributed by atoms with Crippen molar-refractivity contribution in [1.29, 1.82) is 0 Å². The highest BCUT2D eigenvalue weighted by Crippen LogP contribution is 2.34. The molecule has 204 valence electrons. The zero-order valence-electron chi connectivity index (χ0n) is 21.6. The van der Waals surface area contributed by atoms with Crippen molar-refractivity contribution < 1.29 is 27.1 Å². The first kappa shape index (κ1) is 26.6. The van der Waals surface area contributed by atoms with Crippen molar-refractivity contribution in [3.8, 4) is 17.0 Å². The van der Waals surface area contributed by atoms with Gasteiger partial charge in [-0.2, -0.15) is 18.3 Å². The molecular weight excluding hydrogens is 512 g/mol. The van der Waals surface area contributed by atoms with E-state index in [2.05, 4.69) is 10.3 Å². The maximum Gasteiger partial charge on any atom is 0.390 e. The molecule has 39 heavy (non-hydrogen) atoms. The fourth-order valence-electron chi connectivity index (χ4n) is 4.63. The molecule has 2 aromatic carbocycles. The number of ether oxygens (including phenoxy) is 1. The van der Waals surface area contributed by atoms with Crippen LogP contribution in [0.1, 0.15) is 52.9 Å². The van der Waals surface area contributed by atoms with Crippen LogP contribution in [0.4, 0.5) is 23.2 Å². The predicted octanol–water partition coefficient (Wildman–Crippen LogP) is 6.79. The first-order valence-corrected chi connectivity index (χ1v) is 12.8. The molecule has 5 rings (SSSR count). The monoisotopic (exact) mass is 540 g/mol. The summed E-state index contributed by atoms with van der Waals surface area (Å²) < 4.78 is 59.3. The lowest BCUT2D eigenvalue weighted by molar-refractivity contribution is -0.131. The molecule has 2 aromatic heterocycles. The van der Waals surface area contributed by atoms with E-state index in [-0.39, 0.29) is 24.5 Å². The van der Waals surface area contributed by atoms with Crippen LogP contribution in [-0.4, -0.2) is 40.2 Å². The quantitative estimate of drug-likeness (QED) is 0.177. The largest absolute Gasteiger partial charge is 0.494 e. The number of alkyl halides is 3. The van der Waals surface area contributed by atoms with Gasteiger partial charge >= 0.3 is 6.18 Å². The Morgan fingerprint density at radius 3 is 2.62 bits per heavy atom. The summed E-state index contributed by atoms with van der Waals surface area (Å²) in [4.78, 5) is 17.1. The summed E-state index contributed by atoms with van der Waals surface area (Å²) in [6.45, 7) is 1.55. The third-order valence-corrected chi connectivity index (χ3v) is 6.84. The van der Waals surface area contributed by atoms with Gasteiger partial charge in [-0.3, -0.25) is 4.79 Å². The van der Waals surface area contributed by atoms with Crippen LogP contribution in [0.25, 0.3) is 16.9 Å². The Labute approximate surface area is 223 Å². The van der Waals surface area contributed by atoms with Gasteiger partial charge in [0.15, 0.2) is 23.0 Å². The lowest BCUT2D eigenvalue weighted by Gasteiger charge is -2.13. The van der Waals surface area contributed by atoms with Gasteiger partial charge in [0, 0.05) is 30.5 Å². The number of fused-ring (bicyclic) bond motifs is 1. The van der Waals surface area contributed by atoms with Gasteiger partial charge in [-0.25, -0.2) is 13.9 Å². The molecule has 0 aliphatic heterocycles. The lowest BCUT2D eigenvalue weighted by atomic mass is 9.98. The number of nitrogens with one attached hydrogen (secondary N) is 1. The number of carbonyl (C=O) groups excluding carboxylic acids is 1. The summed E-state index contributed by atoms with van der Waals surface area (Å²) in [5.74, 6) is 0.209. The Hall–Kier alpha value is -3.95. The molecule has 6 nitrogen and oxygen atoms in total. The number of Topliss-reactive ketones (excluding diaryl/α,β-unsaturated/α-hetero) is 1. The summed E-state index contributed by atoms with van der Waals surface area (Å²) in [5.41, 5.74) is 4.79. The standard InChI is InChI=1S/C29H28F4N4O2/c1-17-11-20(6-7-22(17)26(38)14-18-3-4-18)25-16-35-28-24(34-10-9-29(31,32)33)15-21(36-37(25)28)12-19-5-8-27(39-2)23(30)13-19/h5-8,11,13,15-16,18,34H,3-4,9-10,12,14H2,1-2H3. The molecule has 1 N–H and O–H groups in total. The predicted molar refractivity (Wildman–Crippen MR) is 140 cm³/mol. The van der Waals surface area contributed by atoms with E-state index in [0.717, 1.165) is 24.0 Å². The Morgan fingerprint density at radius 2 is 1.95 bits per heavy atom. The highest BCUT2D eigenvalue weighted by atomic mass is 19.4. The second kappa shape index (κ2) is 10.7. The molecule has 2 heterocycles. The number of imidazole rings is 1. The molecule has 1 aliphatic rings. The fourth-order valence-corrected chi connectivity index (χ4v) is 4.63. The van der Waals surface area contributed by atoms with Gasteiger partial charge in [0.2, 0.25) is 0 Å². The number of methoxy groups -OCH3 is 1. The van der Waals surface area contributed by atoms with Crippen LogP contribution < -0.4 is 10.1 Å². The average molecular weight is 541 g/mol. The number of benzene rings is 2. The number of hydrogen-bond acceptors (Lipinski definition) is 5. The zero-order valence-corrected chi connectivity index (χ0v) is 21.6. The lowest BCUT2D eigenvalue weighted by Crippen LogP contribution is -2.15. The highest BCUT2D eigenvalue weighted by molar-refractivity contribution is 5.98. The van der Waals surface area contributed by atoms with Crippen molar-refractivity contribution in [3.63, 3.8) is 0 Å². The van der Waals surface area contributed by atoms with Crippen LogP contribution in [0.5, 0.6) is 5.75 Å². The number of hydrogen-bond donors (Lipinski definition) is 1. The summed E-state index contributed by atoms with van der Waals surface area (Å²) >= 11 is 0. The SMILES string of the molecule is COc1ccc(Cc2cc(NCCC(F)(F)F)c3ncc(-c4ccc(C(=O)CC5CC5)c(C)c4)n3n2)cc1F. The van der Waals surface area contributed by atoms with E-state index in [1.165, 1.54) is 19.2 Å². The van der Waals surface area contributed by atoms with Crippen LogP contribution in [0.15, 0.2) is 48.7 Å². The van der Waals surface area contributed by atoms with Crippen LogP contribution in [-0.2, 0) is 6.42 Å². The Morgan fingerprint density at radius 1 is 1.15 bits per heavy atom. The molecule has 4 aromatic rings. The Bertz CT molecular complexity index is 1530. The van der Waals surface area contributed by atoms with Crippen molar-refractivity contribution in [2.45, 2.75) is 45.2 Å². The zero-order chi connectivity index (χ0) is 27.7. The molecule has 1 fully saturated rings. The number of nitrogens with zero attached hydrogens (tertiary/aromatic N) is 3. The third kappa shape index (κ3) is 6.21. The van der Waals surface area contributed by atoms with E-state index in [4.69, 9.17) is 9.84 Å². The van der Waals surface area contributed by atoms with Gasteiger partial charge in [0.25, 0.3) is 0 Å². The van der Waals surface area contributed by atoms with E-state index in [1.54, 1.807) is 28.9 Å². The smallest absolute Gasteiger partial charge is 0.390 e. The second-order valence-electron chi connectivity index (χ2n) is 9.97. The van der Waals surface area contributed by atoms with Gasteiger partial charge in [-0.15, -0.1) is 0 Å². The molecule has 1 saturated carbocycles. The normalized spacial score (nSPS) is 13.6. The first-order valence-electron chi connectivity index (χ1n) is 12.8. The number of aromatic nitrogens is 3. The number of rotatable bonds is 10. The van der Waals surface area contributed by atoms with Gasteiger partial charge in [0.05, 0.1) is 36.8 Å². The number of halogens is 4. The molecule has 0 amide bonds. The molecule has 0 saturated heterocycles. The van der Waals surface area contributed by atoms with E-state index >= 15 is 0 Å². The average Bonchev–Trinajstić information content (AvgIpc) is 3.58. The van der Waals surface area contributed by atoms with Gasteiger partial charge < -0.3 is 10.1 Å². The van der Waals surface area contributed by atoms with E-state index < -0.39 is 18.4 Å². The highest BCUT2D eigenvalue weighted by Gasteiger charge is 2.27. The van der Waals surface area contributed by atoms with E-state index in [9.17, 15) is 22.4 Å². The molecule has 0 atom stereocenters. The van der Waals surface area contributed by atoms with Crippen molar-refractivity contribution in [2.24, 2.45) is 5.92 Å². The summed E-state index contributed by atoms with van der Waals surface area (Å²) in [6.07, 6.45) is -0.729. The van der Waals surface area contributed by atoms with Gasteiger partial charge in [-0.1, -0.05) is 18.2 Å².